The Balaban J connectivity index is 1.50. The van der Waals surface area contributed by atoms with E-state index in [9.17, 15) is 14.4 Å². The van der Waals surface area contributed by atoms with Gasteiger partial charge in [-0.1, -0.05) is 24.3 Å². The molecule has 0 bridgehead atoms. The molecule has 29 heavy (non-hydrogen) atoms. The first-order chi connectivity index (χ1) is 14.0. The molecular weight excluding hydrogens is 372 g/mol. The molecule has 2 atom stereocenters. The van der Waals surface area contributed by atoms with Crippen LogP contribution in [-0.4, -0.2) is 54.7 Å². The summed E-state index contributed by atoms with van der Waals surface area (Å²) in [4.78, 5) is 43.7. The molecule has 1 fully saturated rings. The fourth-order valence-corrected chi connectivity index (χ4v) is 4.15. The van der Waals surface area contributed by atoms with Gasteiger partial charge in [-0.3, -0.25) is 18.7 Å². The zero-order valence-corrected chi connectivity index (χ0v) is 16.7. The van der Waals surface area contributed by atoms with Crippen LogP contribution in [0, 0.1) is 0 Å². The number of rotatable bonds is 5. The first-order valence-electron chi connectivity index (χ1n) is 9.94. The van der Waals surface area contributed by atoms with Gasteiger partial charge in [0.15, 0.2) is 11.2 Å². The zero-order chi connectivity index (χ0) is 20.5. The predicted octanol–water partition coefficient (Wildman–Crippen LogP) is -0.101. The van der Waals surface area contributed by atoms with Crippen LogP contribution in [0.1, 0.15) is 19.3 Å². The van der Waals surface area contributed by atoms with Gasteiger partial charge in [0.2, 0.25) is 5.91 Å². The summed E-state index contributed by atoms with van der Waals surface area (Å²) < 4.78 is 3.92. The average molecular weight is 398 g/mol. The summed E-state index contributed by atoms with van der Waals surface area (Å²) in [5.74, 6) is -0.0383. The van der Waals surface area contributed by atoms with Gasteiger partial charge in [0.25, 0.3) is 5.56 Å². The van der Waals surface area contributed by atoms with Crippen LogP contribution in [0.15, 0.2) is 40.2 Å². The lowest BCUT2D eigenvalue weighted by Gasteiger charge is -2.27. The van der Waals surface area contributed by atoms with Crippen LogP contribution in [-0.2, 0) is 25.4 Å². The second-order valence-electron chi connectivity index (χ2n) is 7.70. The van der Waals surface area contributed by atoms with Gasteiger partial charge in [-0.25, -0.2) is 9.78 Å². The SMILES string of the molecule is Cn1c(=O)c2c(ncn2CC(=O)N2CCC[C@H]2CNC2C=CC=CC2)n(C)c1=O. The molecule has 0 saturated carbocycles. The van der Waals surface area contributed by atoms with Gasteiger partial charge in [0.1, 0.15) is 6.54 Å². The molecule has 2 aliphatic rings. The second-order valence-corrected chi connectivity index (χ2v) is 7.70. The van der Waals surface area contributed by atoms with E-state index in [-0.39, 0.29) is 24.0 Å². The molecule has 3 heterocycles. The first-order valence-corrected chi connectivity index (χ1v) is 9.94. The van der Waals surface area contributed by atoms with Gasteiger partial charge in [-0.15, -0.1) is 0 Å². The van der Waals surface area contributed by atoms with Crippen molar-refractivity contribution in [1.82, 2.24) is 28.9 Å². The lowest BCUT2D eigenvalue weighted by Crippen LogP contribution is -2.45. The molecule has 9 heteroatoms. The normalized spacial score (nSPS) is 21.4. The van der Waals surface area contributed by atoms with Crippen molar-refractivity contribution in [2.24, 2.45) is 14.1 Å². The molecule has 2 aromatic rings. The number of fused-ring (bicyclic) bond motifs is 1. The number of carbonyl (C=O) groups excluding carboxylic acids is 1. The molecule has 0 spiro atoms. The minimum atomic E-state index is -0.440. The van der Waals surface area contributed by atoms with Crippen LogP contribution >= 0.6 is 0 Å². The van der Waals surface area contributed by atoms with Gasteiger partial charge in [-0.05, 0) is 19.3 Å². The number of amides is 1. The number of aryl methyl sites for hydroxylation is 1. The van der Waals surface area contributed by atoms with Crippen molar-refractivity contribution < 1.29 is 4.79 Å². The third kappa shape index (κ3) is 3.57. The zero-order valence-electron chi connectivity index (χ0n) is 16.7. The van der Waals surface area contributed by atoms with Gasteiger partial charge < -0.3 is 14.8 Å². The highest BCUT2D eigenvalue weighted by molar-refractivity contribution is 5.79. The summed E-state index contributed by atoms with van der Waals surface area (Å²) in [5.41, 5.74) is -0.305. The number of carbonyl (C=O) groups is 1. The van der Waals surface area contributed by atoms with Crippen LogP contribution in [0.3, 0.4) is 0 Å². The Labute approximate surface area is 167 Å². The summed E-state index contributed by atoms with van der Waals surface area (Å²) >= 11 is 0. The topological polar surface area (TPSA) is 94.2 Å². The minimum absolute atomic E-state index is 0.0342. The summed E-state index contributed by atoms with van der Waals surface area (Å²) in [5, 5.41) is 3.52. The number of hydrogen-bond acceptors (Lipinski definition) is 5. The van der Waals surface area contributed by atoms with E-state index in [2.05, 4.69) is 22.5 Å². The smallest absolute Gasteiger partial charge is 0.332 e. The Morgan fingerprint density at radius 1 is 1.24 bits per heavy atom. The van der Waals surface area contributed by atoms with E-state index in [4.69, 9.17) is 0 Å². The van der Waals surface area contributed by atoms with Crippen molar-refractivity contribution in [2.45, 2.75) is 37.9 Å². The van der Waals surface area contributed by atoms with Crippen molar-refractivity contribution in [3.05, 3.63) is 51.5 Å². The van der Waals surface area contributed by atoms with Crippen molar-refractivity contribution in [1.29, 1.82) is 0 Å². The van der Waals surface area contributed by atoms with Crippen LogP contribution in [0.25, 0.3) is 11.2 Å². The number of aromatic nitrogens is 4. The molecule has 1 aliphatic heterocycles. The maximum atomic E-state index is 13.0. The second kappa shape index (κ2) is 7.82. The molecular formula is C20H26N6O3. The largest absolute Gasteiger partial charge is 0.337 e. The van der Waals surface area contributed by atoms with E-state index < -0.39 is 11.2 Å². The summed E-state index contributed by atoms with van der Waals surface area (Å²) in [6.07, 6.45) is 12.7. The number of hydrogen-bond donors (Lipinski definition) is 1. The van der Waals surface area contributed by atoms with Gasteiger partial charge >= 0.3 is 5.69 Å². The predicted molar refractivity (Wildman–Crippen MR) is 110 cm³/mol. The number of nitrogens with zero attached hydrogens (tertiary/aromatic N) is 5. The standard InChI is InChI=1S/C20H26N6O3/c1-23-18-17(19(28)24(2)20(23)29)25(13-22-18)12-16(27)26-10-6-9-15(26)11-21-14-7-4-3-5-8-14/h3-5,7,13-15,21H,6,8-12H2,1-2H3/t14?,15-/m0/s1. The Morgan fingerprint density at radius 3 is 2.83 bits per heavy atom. The van der Waals surface area contributed by atoms with Crippen molar-refractivity contribution in [3.8, 4) is 0 Å². The maximum absolute atomic E-state index is 13.0. The summed E-state index contributed by atoms with van der Waals surface area (Å²) in [6.45, 7) is 1.50. The lowest BCUT2D eigenvalue weighted by molar-refractivity contribution is -0.132. The van der Waals surface area contributed by atoms with Gasteiger partial charge in [0.05, 0.1) is 6.33 Å². The van der Waals surface area contributed by atoms with E-state index in [0.717, 1.165) is 30.4 Å². The molecule has 0 radical (unpaired) electrons. The Bertz CT molecular complexity index is 1110. The minimum Gasteiger partial charge on any atom is -0.337 e. The first kappa shape index (κ1) is 19.4. The van der Waals surface area contributed by atoms with Crippen LogP contribution in [0.5, 0.6) is 0 Å². The summed E-state index contributed by atoms with van der Waals surface area (Å²) in [7, 11) is 3.00. The third-order valence-electron chi connectivity index (χ3n) is 5.82. The highest BCUT2D eigenvalue weighted by Crippen LogP contribution is 2.18. The fraction of sp³-hybridized carbons (Fsp3) is 0.500. The molecule has 1 N–H and O–H groups in total. The lowest BCUT2D eigenvalue weighted by atomic mass is 10.1. The molecule has 1 aliphatic carbocycles. The van der Waals surface area contributed by atoms with Gasteiger partial charge in [-0.2, -0.15) is 0 Å². The highest BCUT2D eigenvalue weighted by Gasteiger charge is 2.29. The molecule has 0 aromatic carbocycles. The molecule has 1 saturated heterocycles. The van der Waals surface area contributed by atoms with Crippen LogP contribution in [0.2, 0.25) is 0 Å². The van der Waals surface area contributed by atoms with E-state index >= 15 is 0 Å². The molecule has 1 unspecified atom stereocenters. The van der Waals surface area contributed by atoms with E-state index in [0.29, 0.717) is 18.2 Å². The number of likely N-dealkylation sites (tertiary alicyclic amines) is 1. The van der Waals surface area contributed by atoms with Gasteiger partial charge in [0, 0.05) is 39.3 Å². The van der Waals surface area contributed by atoms with Crippen LogP contribution in [0.4, 0.5) is 0 Å². The molecule has 1 amide bonds. The number of nitrogens with one attached hydrogen (secondary N) is 1. The third-order valence-corrected chi connectivity index (χ3v) is 5.82. The number of imidazole rings is 1. The quantitative estimate of drug-likeness (QED) is 0.759. The van der Waals surface area contributed by atoms with E-state index in [1.807, 2.05) is 17.1 Å². The Hall–Kier alpha value is -2.94. The number of allylic oxidation sites excluding steroid dienone is 2. The van der Waals surface area contributed by atoms with E-state index in [1.165, 1.54) is 17.9 Å². The fourth-order valence-electron chi connectivity index (χ4n) is 4.15. The highest BCUT2D eigenvalue weighted by atomic mass is 16.2. The maximum Gasteiger partial charge on any atom is 0.332 e. The molecule has 154 valence electrons. The average Bonchev–Trinajstić information content (AvgIpc) is 3.37. The Kier molecular flexibility index (Phi) is 5.23. The van der Waals surface area contributed by atoms with Crippen LogP contribution < -0.4 is 16.6 Å². The monoisotopic (exact) mass is 398 g/mol. The Morgan fingerprint density at radius 2 is 2.07 bits per heavy atom. The summed E-state index contributed by atoms with van der Waals surface area (Å²) in [6, 6.07) is 0.447. The van der Waals surface area contributed by atoms with Crippen molar-refractivity contribution in [3.63, 3.8) is 0 Å². The molecule has 2 aromatic heterocycles. The van der Waals surface area contributed by atoms with Crippen molar-refractivity contribution in [2.75, 3.05) is 13.1 Å². The van der Waals surface area contributed by atoms with E-state index in [1.54, 1.807) is 11.6 Å². The molecule has 4 rings (SSSR count). The molecule has 9 nitrogen and oxygen atoms in total. The van der Waals surface area contributed by atoms with Crippen molar-refractivity contribution >= 4 is 17.1 Å².